The number of hydrogen-bond donors (Lipinski definition) is 2. The standard InChI is InChI=1S/C11H15Cl2NO/c1-11(7-15,14-2)6-8-3-4-9(12)10(13)5-8/h3-5,14-15H,6-7H2,1-2H3. The third kappa shape index (κ3) is 3.35. The van der Waals surface area contributed by atoms with Crippen molar-refractivity contribution >= 4 is 23.2 Å². The number of rotatable bonds is 4. The summed E-state index contributed by atoms with van der Waals surface area (Å²) in [6, 6.07) is 5.52. The van der Waals surface area contributed by atoms with Crippen molar-refractivity contribution < 1.29 is 5.11 Å². The van der Waals surface area contributed by atoms with Gasteiger partial charge in [-0.3, -0.25) is 0 Å². The Bertz CT molecular complexity index is 337. The predicted octanol–water partition coefficient (Wildman–Crippen LogP) is 2.51. The molecule has 1 aromatic rings. The minimum absolute atomic E-state index is 0.0732. The molecule has 0 aliphatic heterocycles. The summed E-state index contributed by atoms with van der Waals surface area (Å²) in [6.07, 6.45) is 0.705. The molecule has 0 amide bonds. The fourth-order valence-electron chi connectivity index (χ4n) is 1.32. The number of nitrogens with one attached hydrogen (secondary N) is 1. The van der Waals surface area contributed by atoms with Gasteiger partial charge in [-0.1, -0.05) is 29.3 Å². The molecule has 15 heavy (non-hydrogen) atoms. The van der Waals surface area contributed by atoms with E-state index < -0.39 is 0 Å². The van der Waals surface area contributed by atoms with Crippen molar-refractivity contribution in [1.82, 2.24) is 5.32 Å². The molecule has 0 aliphatic carbocycles. The molecule has 1 aromatic carbocycles. The fourth-order valence-corrected chi connectivity index (χ4v) is 1.64. The Kier molecular flexibility index (Phi) is 4.41. The molecule has 4 heteroatoms. The molecule has 0 heterocycles. The number of halogens is 2. The minimum Gasteiger partial charge on any atom is -0.394 e. The molecule has 2 N–H and O–H groups in total. The second-order valence-electron chi connectivity index (χ2n) is 3.89. The summed E-state index contributed by atoms with van der Waals surface area (Å²) in [7, 11) is 1.83. The van der Waals surface area contributed by atoms with Gasteiger partial charge in [-0.15, -0.1) is 0 Å². The van der Waals surface area contributed by atoms with Gasteiger partial charge in [-0.25, -0.2) is 0 Å². The van der Waals surface area contributed by atoms with Crippen LogP contribution in [0.1, 0.15) is 12.5 Å². The van der Waals surface area contributed by atoms with Gasteiger partial charge in [-0.05, 0) is 38.1 Å². The first-order valence-corrected chi connectivity index (χ1v) is 5.50. The van der Waals surface area contributed by atoms with Crippen molar-refractivity contribution in [2.24, 2.45) is 0 Å². The van der Waals surface area contributed by atoms with Crippen LogP contribution in [0.2, 0.25) is 10.0 Å². The van der Waals surface area contributed by atoms with Gasteiger partial charge in [0.2, 0.25) is 0 Å². The van der Waals surface area contributed by atoms with Gasteiger partial charge in [0.05, 0.1) is 16.7 Å². The maximum atomic E-state index is 9.25. The molecule has 1 rings (SSSR count). The summed E-state index contributed by atoms with van der Waals surface area (Å²) >= 11 is 11.7. The van der Waals surface area contributed by atoms with Gasteiger partial charge in [-0.2, -0.15) is 0 Å². The first-order chi connectivity index (χ1) is 7.00. The monoisotopic (exact) mass is 247 g/mol. The van der Waals surface area contributed by atoms with E-state index in [1.54, 1.807) is 6.07 Å². The van der Waals surface area contributed by atoms with E-state index in [1.807, 2.05) is 26.1 Å². The molecule has 0 bridgehead atoms. The first kappa shape index (κ1) is 12.8. The smallest absolute Gasteiger partial charge is 0.0613 e. The number of aliphatic hydroxyl groups is 1. The van der Waals surface area contributed by atoms with Crippen LogP contribution >= 0.6 is 23.2 Å². The normalized spacial score (nSPS) is 15.0. The maximum Gasteiger partial charge on any atom is 0.0613 e. The minimum atomic E-state index is -0.322. The molecular formula is C11H15Cl2NO. The van der Waals surface area contributed by atoms with Crippen LogP contribution in [0.4, 0.5) is 0 Å². The lowest BCUT2D eigenvalue weighted by Gasteiger charge is -2.26. The van der Waals surface area contributed by atoms with E-state index in [4.69, 9.17) is 23.2 Å². The molecule has 84 valence electrons. The van der Waals surface area contributed by atoms with E-state index in [-0.39, 0.29) is 12.1 Å². The molecule has 0 aromatic heterocycles. The Morgan fingerprint density at radius 1 is 1.33 bits per heavy atom. The van der Waals surface area contributed by atoms with Crippen LogP contribution in [0, 0.1) is 0 Å². The van der Waals surface area contributed by atoms with E-state index in [1.165, 1.54) is 0 Å². The topological polar surface area (TPSA) is 32.3 Å². The number of likely N-dealkylation sites (N-methyl/N-ethyl adjacent to an activating group) is 1. The quantitative estimate of drug-likeness (QED) is 0.858. The molecule has 0 radical (unpaired) electrons. The van der Waals surface area contributed by atoms with Crippen LogP contribution < -0.4 is 5.32 Å². The Hall–Kier alpha value is -0.280. The largest absolute Gasteiger partial charge is 0.394 e. The lowest BCUT2D eigenvalue weighted by molar-refractivity contribution is 0.182. The van der Waals surface area contributed by atoms with E-state index in [0.29, 0.717) is 16.5 Å². The summed E-state index contributed by atoms with van der Waals surface area (Å²) in [5, 5.41) is 13.4. The molecule has 0 aliphatic rings. The molecule has 0 fully saturated rings. The zero-order valence-electron chi connectivity index (χ0n) is 8.85. The van der Waals surface area contributed by atoms with Crippen molar-refractivity contribution in [1.29, 1.82) is 0 Å². The highest BCUT2D eigenvalue weighted by atomic mass is 35.5. The van der Waals surface area contributed by atoms with Gasteiger partial charge in [0.1, 0.15) is 0 Å². The second-order valence-corrected chi connectivity index (χ2v) is 4.71. The lowest BCUT2D eigenvalue weighted by Crippen LogP contribution is -2.45. The van der Waals surface area contributed by atoms with Crippen LogP contribution in [0.5, 0.6) is 0 Å². The molecule has 0 saturated carbocycles. The van der Waals surface area contributed by atoms with Crippen molar-refractivity contribution in [3.05, 3.63) is 33.8 Å². The van der Waals surface area contributed by atoms with Crippen LogP contribution in [0.25, 0.3) is 0 Å². The summed E-state index contributed by atoms with van der Waals surface area (Å²) in [5.41, 5.74) is 0.729. The maximum absolute atomic E-state index is 9.25. The highest BCUT2D eigenvalue weighted by Gasteiger charge is 2.21. The highest BCUT2D eigenvalue weighted by molar-refractivity contribution is 6.42. The number of hydrogen-bond acceptors (Lipinski definition) is 2. The van der Waals surface area contributed by atoms with E-state index in [0.717, 1.165) is 5.56 Å². The molecule has 2 nitrogen and oxygen atoms in total. The Morgan fingerprint density at radius 2 is 2.00 bits per heavy atom. The van der Waals surface area contributed by atoms with Crippen molar-refractivity contribution in [2.75, 3.05) is 13.7 Å². The van der Waals surface area contributed by atoms with Crippen LogP contribution in [-0.2, 0) is 6.42 Å². The van der Waals surface area contributed by atoms with Gasteiger partial charge in [0.15, 0.2) is 0 Å². The zero-order chi connectivity index (χ0) is 11.5. The third-order valence-corrected chi connectivity index (χ3v) is 3.27. The SMILES string of the molecule is CNC(C)(CO)Cc1ccc(Cl)c(Cl)c1. The Balaban J connectivity index is 2.85. The van der Waals surface area contributed by atoms with Gasteiger partial charge < -0.3 is 10.4 Å². The van der Waals surface area contributed by atoms with Crippen molar-refractivity contribution in [3.8, 4) is 0 Å². The first-order valence-electron chi connectivity index (χ1n) is 4.74. The van der Waals surface area contributed by atoms with Crippen LogP contribution in [0.3, 0.4) is 0 Å². The summed E-state index contributed by atoms with van der Waals surface area (Å²) in [4.78, 5) is 0. The molecule has 0 spiro atoms. The average Bonchev–Trinajstić information content (AvgIpc) is 2.23. The summed E-state index contributed by atoms with van der Waals surface area (Å²) < 4.78 is 0. The zero-order valence-corrected chi connectivity index (χ0v) is 10.4. The molecule has 1 atom stereocenters. The van der Waals surface area contributed by atoms with Gasteiger partial charge in [0.25, 0.3) is 0 Å². The summed E-state index contributed by atoms with van der Waals surface area (Å²) in [5.74, 6) is 0. The van der Waals surface area contributed by atoms with Gasteiger partial charge in [0, 0.05) is 5.54 Å². The molecule has 1 unspecified atom stereocenters. The predicted molar refractivity (Wildman–Crippen MR) is 64.7 cm³/mol. The summed E-state index contributed by atoms with van der Waals surface area (Å²) in [6.45, 7) is 2.03. The highest BCUT2D eigenvalue weighted by Crippen LogP contribution is 2.24. The third-order valence-electron chi connectivity index (χ3n) is 2.53. The Morgan fingerprint density at radius 3 is 2.47 bits per heavy atom. The van der Waals surface area contributed by atoms with Crippen LogP contribution in [0.15, 0.2) is 18.2 Å². The number of aliphatic hydroxyl groups excluding tert-OH is 1. The van der Waals surface area contributed by atoms with Crippen molar-refractivity contribution in [2.45, 2.75) is 18.9 Å². The van der Waals surface area contributed by atoms with E-state index >= 15 is 0 Å². The molecule has 0 saturated heterocycles. The van der Waals surface area contributed by atoms with Gasteiger partial charge >= 0.3 is 0 Å². The van der Waals surface area contributed by atoms with Crippen molar-refractivity contribution in [3.63, 3.8) is 0 Å². The number of benzene rings is 1. The fraction of sp³-hybridized carbons (Fsp3) is 0.455. The average molecular weight is 248 g/mol. The Labute approximate surface area is 100 Å². The lowest BCUT2D eigenvalue weighted by atomic mass is 9.94. The second kappa shape index (κ2) is 5.17. The van der Waals surface area contributed by atoms with Crippen LogP contribution in [-0.4, -0.2) is 24.3 Å². The van der Waals surface area contributed by atoms with E-state index in [9.17, 15) is 5.11 Å². The molecular weight excluding hydrogens is 233 g/mol. The van der Waals surface area contributed by atoms with E-state index in [2.05, 4.69) is 5.32 Å².